The van der Waals surface area contributed by atoms with Gasteiger partial charge in [0.2, 0.25) is 5.91 Å². The molecule has 1 fully saturated rings. The number of amides is 1. The number of carbonyl (C=O) groups is 1. The number of piperidine rings is 1. The lowest BCUT2D eigenvalue weighted by Gasteiger charge is -2.30. The molecular weight excluding hydrogens is 310 g/mol. The smallest absolute Gasteiger partial charge is 0.241 e. The van der Waals surface area contributed by atoms with Crippen molar-refractivity contribution in [1.82, 2.24) is 19.2 Å². The summed E-state index contributed by atoms with van der Waals surface area (Å²) in [6.07, 6.45) is 7.53. The lowest BCUT2D eigenvalue weighted by atomic mass is 10.1. The number of pyridine rings is 1. The van der Waals surface area contributed by atoms with Gasteiger partial charge in [-0.3, -0.25) is 18.8 Å². The summed E-state index contributed by atoms with van der Waals surface area (Å²) in [7, 11) is 1.86. The summed E-state index contributed by atoms with van der Waals surface area (Å²) in [4.78, 5) is 19.1. The summed E-state index contributed by atoms with van der Waals surface area (Å²) < 4.78 is 3.75. The zero-order chi connectivity index (χ0) is 15.8. The normalized spacial score (nSPS) is 18.7. The van der Waals surface area contributed by atoms with E-state index in [1.807, 2.05) is 54.3 Å². The molecule has 0 unspecified atom stereocenters. The second-order valence-corrected chi connectivity index (χ2v) is 6.79. The summed E-state index contributed by atoms with van der Waals surface area (Å²) in [5.41, 5.74) is 1.04. The molecule has 0 radical (unpaired) electrons. The Labute approximate surface area is 138 Å². The van der Waals surface area contributed by atoms with Crippen LogP contribution in [0.2, 0.25) is 0 Å². The number of thioether (sulfide) groups is 1. The van der Waals surface area contributed by atoms with Crippen LogP contribution in [0.25, 0.3) is 5.52 Å². The first-order valence-electron chi connectivity index (χ1n) is 7.62. The molecule has 4 rings (SSSR count). The molecule has 4 heterocycles. The zero-order valence-corrected chi connectivity index (χ0v) is 13.6. The predicted molar refractivity (Wildman–Crippen MR) is 89.6 cm³/mol. The van der Waals surface area contributed by atoms with E-state index in [2.05, 4.69) is 10.1 Å². The van der Waals surface area contributed by atoms with Crippen LogP contribution in [0.4, 0.5) is 5.82 Å². The second-order valence-electron chi connectivity index (χ2n) is 5.62. The van der Waals surface area contributed by atoms with Crippen molar-refractivity contribution in [2.45, 2.75) is 23.2 Å². The fourth-order valence-electron chi connectivity index (χ4n) is 2.86. The number of carbonyl (C=O) groups excluding carboxylic acids is 1. The highest BCUT2D eigenvalue weighted by Gasteiger charge is 2.32. The maximum atomic E-state index is 12.8. The quantitative estimate of drug-likeness (QED) is 0.741. The Morgan fingerprint density at radius 3 is 3.00 bits per heavy atom. The number of hydrogen-bond donors (Lipinski definition) is 0. The van der Waals surface area contributed by atoms with Crippen molar-refractivity contribution >= 4 is 29.0 Å². The highest BCUT2D eigenvalue weighted by molar-refractivity contribution is 8.00. The minimum absolute atomic E-state index is 0.114. The molecule has 0 bridgehead atoms. The van der Waals surface area contributed by atoms with Gasteiger partial charge in [0.05, 0.1) is 17.0 Å². The van der Waals surface area contributed by atoms with Gasteiger partial charge in [0.1, 0.15) is 0 Å². The van der Waals surface area contributed by atoms with Crippen molar-refractivity contribution in [3.63, 3.8) is 0 Å². The second kappa shape index (κ2) is 5.73. The molecule has 0 N–H and O–H groups in total. The Bertz CT molecular complexity index is 855. The van der Waals surface area contributed by atoms with Crippen molar-refractivity contribution in [3.05, 3.63) is 42.9 Å². The molecule has 7 heteroatoms. The Hall–Kier alpha value is -2.28. The molecule has 6 nitrogen and oxygen atoms in total. The van der Waals surface area contributed by atoms with Crippen molar-refractivity contribution in [2.75, 3.05) is 11.4 Å². The molecule has 1 aliphatic rings. The SMILES string of the molecule is Cn1ccc(N2CCC[C@@H](Sc3ncc4ccccn34)C2=O)n1. The first-order valence-corrected chi connectivity index (χ1v) is 8.50. The topological polar surface area (TPSA) is 55.4 Å². The van der Waals surface area contributed by atoms with Crippen LogP contribution in [0.1, 0.15) is 12.8 Å². The highest BCUT2D eigenvalue weighted by atomic mass is 32.2. The minimum Gasteiger partial charge on any atom is -0.295 e. The van der Waals surface area contributed by atoms with E-state index < -0.39 is 0 Å². The number of aromatic nitrogens is 4. The first kappa shape index (κ1) is 14.3. The number of imidazole rings is 1. The average molecular weight is 327 g/mol. The van der Waals surface area contributed by atoms with E-state index in [1.165, 1.54) is 0 Å². The van der Waals surface area contributed by atoms with E-state index in [-0.39, 0.29) is 11.2 Å². The number of rotatable bonds is 3. The van der Waals surface area contributed by atoms with Crippen LogP contribution < -0.4 is 4.90 Å². The fraction of sp³-hybridized carbons (Fsp3) is 0.312. The van der Waals surface area contributed by atoms with Crippen LogP contribution in [0, 0.1) is 0 Å². The third-order valence-electron chi connectivity index (χ3n) is 4.02. The van der Waals surface area contributed by atoms with Gasteiger partial charge in [-0.1, -0.05) is 17.8 Å². The van der Waals surface area contributed by atoms with E-state index in [4.69, 9.17) is 0 Å². The van der Waals surface area contributed by atoms with E-state index in [0.717, 1.165) is 35.9 Å². The summed E-state index contributed by atoms with van der Waals surface area (Å²) >= 11 is 1.54. The van der Waals surface area contributed by atoms with Crippen LogP contribution in [0.15, 0.2) is 48.0 Å². The predicted octanol–water partition coefficient (Wildman–Crippen LogP) is 2.36. The van der Waals surface area contributed by atoms with Gasteiger partial charge in [-0.2, -0.15) is 5.10 Å². The summed E-state index contributed by atoms with van der Waals surface area (Å²) in [6.45, 7) is 0.731. The van der Waals surface area contributed by atoms with Crippen molar-refractivity contribution in [1.29, 1.82) is 0 Å². The van der Waals surface area contributed by atoms with Crippen LogP contribution in [-0.4, -0.2) is 36.9 Å². The van der Waals surface area contributed by atoms with Crippen molar-refractivity contribution in [3.8, 4) is 0 Å². The number of hydrogen-bond acceptors (Lipinski definition) is 4. The molecule has 1 amide bonds. The van der Waals surface area contributed by atoms with Crippen LogP contribution in [0.3, 0.4) is 0 Å². The van der Waals surface area contributed by atoms with Crippen LogP contribution in [-0.2, 0) is 11.8 Å². The van der Waals surface area contributed by atoms with Crippen molar-refractivity contribution < 1.29 is 4.79 Å². The Kier molecular flexibility index (Phi) is 3.57. The van der Waals surface area contributed by atoms with Crippen molar-refractivity contribution in [2.24, 2.45) is 7.05 Å². The van der Waals surface area contributed by atoms with Gasteiger partial charge in [-0.05, 0) is 25.0 Å². The molecule has 0 aromatic carbocycles. The molecule has 23 heavy (non-hydrogen) atoms. The number of anilines is 1. The Balaban J connectivity index is 1.58. The Morgan fingerprint density at radius 1 is 1.26 bits per heavy atom. The molecule has 0 aliphatic carbocycles. The van der Waals surface area contributed by atoms with Gasteiger partial charge >= 0.3 is 0 Å². The number of fused-ring (bicyclic) bond motifs is 1. The van der Waals surface area contributed by atoms with Gasteiger partial charge in [0, 0.05) is 32.1 Å². The molecule has 1 atom stereocenters. The van der Waals surface area contributed by atoms with Gasteiger partial charge in [0.25, 0.3) is 0 Å². The van der Waals surface area contributed by atoms with E-state index in [9.17, 15) is 4.79 Å². The maximum Gasteiger partial charge on any atom is 0.241 e. The van der Waals surface area contributed by atoms with Gasteiger partial charge in [0.15, 0.2) is 11.0 Å². The third kappa shape index (κ3) is 2.61. The molecule has 3 aromatic heterocycles. The van der Waals surface area contributed by atoms with Gasteiger partial charge < -0.3 is 0 Å². The molecule has 0 spiro atoms. The van der Waals surface area contributed by atoms with E-state index in [1.54, 1.807) is 21.3 Å². The van der Waals surface area contributed by atoms with E-state index >= 15 is 0 Å². The summed E-state index contributed by atoms with van der Waals surface area (Å²) in [6, 6.07) is 7.86. The fourth-order valence-corrected chi connectivity index (χ4v) is 4.02. The van der Waals surface area contributed by atoms with Gasteiger partial charge in [-0.15, -0.1) is 0 Å². The monoisotopic (exact) mass is 327 g/mol. The first-order chi connectivity index (χ1) is 11.2. The summed E-state index contributed by atoms with van der Waals surface area (Å²) in [5, 5.41) is 5.11. The molecule has 1 aliphatic heterocycles. The van der Waals surface area contributed by atoms with Gasteiger partial charge in [-0.25, -0.2) is 4.98 Å². The number of aryl methyl sites for hydroxylation is 1. The molecular formula is C16H17N5OS. The Morgan fingerprint density at radius 2 is 2.17 bits per heavy atom. The highest BCUT2D eigenvalue weighted by Crippen LogP contribution is 2.31. The number of nitrogens with zero attached hydrogens (tertiary/aromatic N) is 5. The average Bonchev–Trinajstić information content (AvgIpc) is 3.16. The minimum atomic E-state index is -0.114. The molecule has 118 valence electrons. The van der Waals surface area contributed by atoms with Crippen LogP contribution in [0.5, 0.6) is 0 Å². The largest absolute Gasteiger partial charge is 0.295 e. The standard InChI is InChI=1S/C16H17N5OS/c1-19-10-7-14(18-19)21-9-4-6-13(15(21)22)23-16-17-11-12-5-2-3-8-20(12)16/h2-3,5,7-8,10-11,13H,4,6,9H2,1H3/t13-/m1/s1. The van der Waals surface area contributed by atoms with E-state index in [0.29, 0.717) is 0 Å². The molecule has 3 aromatic rings. The van der Waals surface area contributed by atoms with Crippen LogP contribution >= 0.6 is 11.8 Å². The molecule has 0 saturated carbocycles. The maximum absolute atomic E-state index is 12.8. The zero-order valence-electron chi connectivity index (χ0n) is 12.8. The third-order valence-corrected chi connectivity index (χ3v) is 5.25. The lowest BCUT2D eigenvalue weighted by Crippen LogP contribution is -2.43. The molecule has 1 saturated heterocycles. The lowest BCUT2D eigenvalue weighted by molar-refractivity contribution is -0.119. The summed E-state index contributed by atoms with van der Waals surface area (Å²) in [5.74, 6) is 0.850.